The minimum absolute atomic E-state index is 0.287. The fraction of sp³-hybridized carbons (Fsp3) is 0.111. The van der Waals surface area contributed by atoms with Crippen molar-refractivity contribution in [2.75, 3.05) is 5.94 Å². The zero-order valence-corrected chi connectivity index (χ0v) is 15.6. The first-order chi connectivity index (χ1) is 12.0. The first-order valence-corrected chi connectivity index (χ1v) is 9.15. The van der Waals surface area contributed by atoms with Crippen molar-refractivity contribution in [1.82, 2.24) is 9.78 Å². The normalized spacial score (nSPS) is 10.7. The van der Waals surface area contributed by atoms with Crippen LogP contribution < -0.4 is 0 Å². The van der Waals surface area contributed by atoms with Gasteiger partial charge < -0.3 is 4.74 Å². The molecule has 1 heterocycles. The van der Waals surface area contributed by atoms with Crippen LogP contribution in [-0.4, -0.2) is 21.7 Å². The molecule has 0 aliphatic carbocycles. The Morgan fingerprint density at radius 3 is 2.44 bits per heavy atom. The molecule has 2 aromatic carbocycles. The van der Waals surface area contributed by atoms with Crippen molar-refractivity contribution in [2.24, 2.45) is 0 Å². The minimum Gasteiger partial charge on any atom is -0.454 e. The first-order valence-electron chi connectivity index (χ1n) is 7.40. The van der Waals surface area contributed by atoms with E-state index in [4.69, 9.17) is 27.9 Å². The van der Waals surface area contributed by atoms with E-state index in [1.165, 1.54) is 18.7 Å². The Balaban J connectivity index is 1.77. The molecule has 3 aromatic rings. The van der Waals surface area contributed by atoms with Crippen molar-refractivity contribution in [3.8, 4) is 16.8 Å². The highest BCUT2D eigenvalue weighted by Crippen LogP contribution is 2.30. The molecule has 3 rings (SSSR count). The number of carbonyl (C=O) groups is 1. The van der Waals surface area contributed by atoms with Crippen molar-refractivity contribution >= 4 is 40.9 Å². The third kappa shape index (κ3) is 4.57. The number of aromatic nitrogens is 2. The number of carbonyl (C=O) groups excluding carboxylic acids is 1. The first kappa shape index (κ1) is 17.9. The van der Waals surface area contributed by atoms with Gasteiger partial charge in [-0.15, -0.1) is 0 Å². The average molecular weight is 393 g/mol. The fourth-order valence-electron chi connectivity index (χ4n) is 2.18. The predicted molar refractivity (Wildman–Crippen MR) is 102 cm³/mol. The Kier molecular flexibility index (Phi) is 5.68. The Hall–Kier alpha value is -1.95. The van der Waals surface area contributed by atoms with Crippen LogP contribution in [0, 0.1) is 0 Å². The Morgan fingerprint density at radius 1 is 1.12 bits per heavy atom. The third-order valence-electron chi connectivity index (χ3n) is 3.41. The molecule has 128 valence electrons. The van der Waals surface area contributed by atoms with Crippen LogP contribution in [0.15, 0.2) is 59.6 Å². The lowest BCUT2D eigenvalue weighted by Gasteiger charge is -2.03. The predicted octanol–water partition coefficient (Wildman–Crippen LogP) is 5.46. The van der Waals surface area contributed by atoms with Crippen LogP contribution in [0.5, 0.6) is 0 Å². The maximum Gasteiger partial charge on any atom is 0.303 e. The number of rotatable bonds is 5. The van der Waals surface area contributed by atoms with E-state index >= 15 is 0 Å². The van der Waals surface area contributed by atoms with E-state index in [0.29, 0.717) is 16.1 Å². The molecule has 1 aromatic heterocycles. The summed E-state index contributed by atoms with van der Waals surface area (Å²) in [5.74, 6) is 0.00901. The molecule has 25 heavy (non-hydrogen) atoms. The quantitative estimate of drug-likeness (QED) is 0.328. The summed E-state index contributed by atoms with van der Waals surface area (Å²) in [4.78, 5) is 11.8. The summed E-state index contributed by atoms with van der Waals surface area (Å²) < 4.78 is 6.64. The molecule has 4 nitrogen and oxygen atoms in total. The van der Waals surface area contributed by atoms with Crippen molar-refractivity contribution in [1.29, 1.82) is 0 Å². The second-order valence-electron chi connectivity index (χ2n) is 5.18. The molecule has 0 spiro atoms. The summed E-state index contributed by atoms with van der Waals surface area (Å²) in [5.41, 5.74) is 2.68. The van der Waals surface area contributed by atoms with Gasteiger partial charge in [-0.05, 0) is 42.0 Å². The summed E-state index contributed by atoms with van der Waals surface area (Å²) in [6, 6.07) is 15.2. The molecule has 0 saturated carbocycles. The van der Waals surface area contributed by atoms with Gasteiger partial charge in [0.15, 0.2) is 5.15 Å². The van der Waals surface area contributed by atoms with Gasteiger partial charge >= 0.3 is 5.97 Å². The summed E-state index contributed by atoms with van der Waals surface area (Å²) in [5, 5.41) is 5.45. The number of thioether (sulfide) groups is 1. The number of hydrogen-bond acceptors (Lipinski definition) is 4. The van der Waals surface area contributed by atoms with E-state index in [1.807, 2.05) is 42.6 Å². The Morgan fingerprint density at radius 2 is 1.80 bits per heavy atom. The summed E-state index contributed by atoms with van der Waals surface area (Å²) in [6.07, 6.45) is 1.88. The zero-order chi connectivity index (χ0) is 17.8. The average Bonchev–Trinajstić information content (AvgIpc) is 2.98. The molecule has 0 fully saturated rings. The summed E-state index contributed by atoms with van der Waals surface area (Å²) in [7, 11) is 0. The van der Waals surface area contributed by atoms with Crippen LogP contribution in [0.1, 0.15) is 6.92 Å². The molecule has 0 atom stereocenters. The van der Waals surface area contributed by atoms with Gasteiger partial charge in [0.25, 0.3) is 0 Å². The van der Waals surface area contributed by atoms with E-state index < -0.39 is 0 Å². The van der Waals surface area contributed by atoms with Crippen LogP contribution >= 0.6 is 35.0 Å². The number of ether oxygens (including phenoxy) is 1. The monoisotopic (exact) mass is 392 g/mol. The molecular formula is C18H14Cl2N2O2S. The highest BCUT2D eigenvalue weighted by atomic mass is 35.5. The molecule has 0 unspecified atom stereocenters. The van der Waals surface area contributed by atoms with Gasteiger partial charge in [0.05, 0.1) is 5.69 Å². The van der Waals surface area contributed by atoms with Gasteiger partial charge in [-0.3, -0.25) is 4.79 Å². The number of nitrogens with zero attached hydrogens (tertiary/aromatic N) is 2. The summed E-state index contributed by atoms with van der Waals surface area (Å²) in [6.45, 7) is 1.39. The fourth-order valence-corrected chi connectivity index (χ4v) is 3.24. The highest BCUT2D eigenvalue weighted by Gasteiger charge is 2.10. The molecule has 7 heteroatoms. The summed E-state index contributed by atoms with van der Waals surface area (Å²) >= 11 is 13.7. The van der Waals surface area contributed by atoms with Crippen LogP contribution in [0.4, 0.5) is 0 Å². The topological polar surface area (TPSA) is 44.1 Å². The SMILES string of the molecule is CC(=O)OCSc1ccc(-c2cn(-c3ccc(Cl)cc3)nc2Cl)cc1. The lowest BCUT2D eigenvalue weighted by molar-refractivity contribution is -0.138. The van der Waals surface area contributed by atoms with Crippen molar-refractivity contribution in [3.05, 3.63) is 64.9 Å². The lowest BCUT2D eigenvalue weighted by Crippen LogP contribution is -1.96. The number of halogens is 2. The number of benzene rings is 2. The third-order valence-corrected chi connectivity index (χ3v) is 4.79. The molecule has 0 saturated heterocycles. The van der Waals surface area contributed by atoms with Crippen LogP contribution in [0.3, 0.4) is 0 Å². The molecule has 0 bridgehead atoms. The van der Waals surface area contributed by atoms with Gasteiger partial charge in [-0.1, -0.05) is 47.1 Å². The van der Waals surface area contributed by atoms with Gasteiger partial charge in [0.1, 0.15) is 5.94 Å². The molecule has 0 N–H and O–H groups in total. The van der Waals surface area contributed by atoms with E-state index in [0.717, 1.165) is 21.7 Å². The molecular weight excluding hydrogens is 379 g/mol. The number of hydrogen-bond donors (Lipinski definition) is 0. The minimum atomic E-state index is -0.287. The lowest BCUT2D eigenvalue weighted by atomic mass is 10.1. The Labute approximate surface area is 159 Å². The zero-order valence-electron chi connectivity index (χ0n) is 13.3. The maximum atomic E-state index is 10.8. The van der Waals surface area contributed by atoms with Gasteiger partial charge in [0.2, 0.25) is 0 Å². The van der Waals surface area contributed by atoms with Crippen LogP contribution in [0.2, 0.25) is 10.2 Å². The second-order valence-corrected chi connectivity index (χ2v) is 6.97. The van der Waals surface area contributed by atoms with Gasteiger partial charge in [0, 0.05) is 28.6 Å². The standard InChI is InChI=1S/C18H14Cl2N2O2S/c1-12(23)24-11-25-16-8-2-13(3-9-16)17-10-22(21-18(17)20)15-6-4-14(19)5-7-15/h2-10H,11H2,1H3. The smallest absolute Gasteiger partial charge is 0.303 e. The molecule has 0 radical (unpaired) electrons. The Bertz CT molecular complexity index is 877. The molecule has 0 aliphatic heterocycles. The van der Waals surface area contributed by atoms with Crippen molar-refractivity contribution in [2.45, 2.75) is 11.8 Å². The van der Waals surface area contributed by atoms with Gasteiger partial charge in [-0.25, -0.2) is 4.68 Å². The largest absolute Gasteiger partial charge is 0.454 e. The van der Waals surface area contributed by atoms with Crippen LogP contribution in [-0.2, 0) is 9.53 Å². The van der Waals surface area contributed by atoms with E-state index in [2.05, 4.69) is 5.10 Å². The molecule has 0 aliphatic rings. The second kappa shape index (κ2) is 7.95. The van der Waals surface area contributed by atoms with Crippen molar-refractivity contribution < 1.29 is 9.53 Å². The maximum absolute atomic E-state index is 10.8. The van der Waals surface area contributed by atoms with E-state index in [9.17, 15) is 4.79 Å². The van der Waals surface area contributed by atoms with E-state index in [1.54, 1.807) is 16.8 Å². The van der Waals surface area contributed by atoms with Crippen molar-refractivity contribution in [3.63, 3.8) is 0 Å². The van der Waals surface area contributed by atoms with Crippen LogP contribution in [0.25, 0.3) is 16.8 Å². The van der Waals surface area contributed by atoms with Gasteiger partial charge in [-0.2, -0.15) is 5.10 Å². The number of esters is 1. The van der Waals surface area contributed by atoms with E-state index in [-0.39, 0.29) is 5.97 Å². The highest BCUT2D eigenvalue weighted by molar-refractivity contribution is 7.99. The molecule has 0 amide bonds.